The van der Waals surface area contributed by atoms with Crippen molar-refractivity contribution in [2.75, 3.05) is 25.0 Å². The molecule has 1 aliphatic heterocycles. The first-order valence-electron chi connectivity index (χ1n) is 8.28. The molecular weight excluding hydrogens is 303 g/mol. The summed E-state index contributed by atoms with van der Waals surface area (Å²) >= 11 is 0. The number of nitrogens with one attached hydrogen (secondary N) is 2. The third-order valence-electron chi connectivity index (χ3n) is 4.39. The highest BCUT2D eigenvalue weighted by Crippen LogP contribution is 2.24. The summed E-state index contributed by atoms with van der Waals surface area (Å²) in [6.45, 7) is 6.81. The normalized spacial score (nSPS) is 15.0. The molecule has 2 N–H and O–H groups in total. The Morgan fingerprint density at radius 2 is 1.92 bits per heavy atom. The molecule has 126 valence electrons. The zero-order valence-corrected chi connectivity index (χ0v) is 14.1. The van der Waals surface area contributed by atoms with Gasteiger partial charge in [-0.1, -0.05) is 32.1 Å². The lowest BCUT2D eigenvalue weighted by molar-refractivity contribution is 0.552. The summed E-state index contributed by atoms with van der Waals surface area (Å²) in [7, 11) is 0. The van der Waals surface area contributed by atoms with Crippen molar-refractivity contribution < 1.29 is 4.39 Å². The van der Waals surface area contributed by atoms with Gasteiger partial charge in [-0.2, -0.15) is 0 Å². The topological polar surface area (TPSA) is 49.8 Å². The Morgan fingerprint density at radius 1 is 1.12 bits per heavy atom. The molecule has 3 rings (SSSR count). The number of hydrogen-bond acceptors (Lipinski definition) is 4. The van der Waals surface area contributed by atoms with E-state index in [2.05, 4.69) is 40.8 Å². The summed E-state index contributed by atoms with van der Waals surface area (Å²) in [5.41, 5.74) is 3.14. The number of nitrogens with zero attached hydrogens (tertiary/aromatic N) is 2. The average Bonchev–Trinajstić information content (AvgIpc) is 2.62. The molecule has 24 heavy (non-hydrogen) atoms. The van der Waals surface area contributed by atoms with Crippen LogP contribution in [0.25, 0.3) is 5.57 Å². The number of hydrogen-bond donors (Lipinski definition) is 2. The number of aromatic nitrogens is 2. The maximum absolute atomic E-state index is 13.1. The van der Waals surface area contributed by atoms with Crippen molar-refractivity contribution in [2.24, 2.45) is 0 Å². The van der Waals surface area contributed by atoms with Crippen LogP contribution in [0.15, 0.2) is 42.5 Å². The highest BCUT2D eigenvalue weighted by molar-refractivity contribution is 5.63. The predicted molar refractivity (Wildman–Crippen MR) is 95.4 cm³/mol. The molecule has 0 fully saturated rings. The van der Waals surface area contributed by atoms with E-state index < -0.39 is 0 Å². The van der Waals surface area contributed by atoms with E-state index in [0.29, 0.717) is 6.54 Å². The Bertz CT molecular complexity index is 705. The number of anilines is 1. The lowest BCUT2D eigenvalue weighted by atomic mass is 9.84. The first-order valence-corrected chi connectivity index (χ1v) is 8.28. The lowest BCUT2D eigenvalue weighted by Gasteiger charge is -2.26. The zero-order valence-electron chi connectivity index (χ0n) is 14.1. The molecule has 0 bridgehead atoms. The molecule has 5 heteroatoms. The van der Waals surface area contributed by atoms with Gasteiger partial charge < -0.3 is 10.6 Å². The van der Waals surface area contributed by atoms with Crippen LogP contribution in [0.4, 0.5) is 10.2 Å². The number of benzene rings is 1. The quantitative estimate of drug-likeness (QED) is 0.884. The molecule has 4 nitrogen and oxygen atoms in total. The van der Waals surface area contributed by atoms with E-state index in [4.69, 9.17) is 0 Å². The first kappa shape index (κ1) is 16.6. The van der Waals surface area contributed by atoms with Gasteiger partial charge in [0.1, 0.15) is 11.6 Å². The van der Waals surface area contributed by atoms with Gasteiger partial charge in [0.25, 0.3) is 0 Å². The smallest absolute Gasteiger partial charge is 0.148 e. The van der Waals surface area contributed by atoms with Crippen LogP contribution in [0.3, 0.4) is 0 Å². The van der Waals surface area contributed by atoms with Crippen LogP contribution >= 0.6 is 0 Å². The highest BCUT2D eigenvalue weighted by atomic mass is 19.1. The van der Waals surface area contributed by atoms with Gasteiger partial charge >= 0.3 is 0 Å². The Labute approximate surface area is 142 Å². The van der Waals surface area contributed by atoms with Gasteiger partial charge in [0.2, 0.25) is 0 Å². The Kier molecular flexibility index (Phi) is 4.90. The second-order valence-electron chi connectivity index (χ2n) is 6.73. The summed E-state index contributed by atoms with van der Waals surface area (Å²) in [6, 6.07) is 10.6. The molecule has 2 aromatic rings. The van der Waals surface area contributed by atoms with E-state index in [1.54, 1.807) is 0 Å². The summed E-state index contributed by atoms with van der Waals surface area (Å²) in [4.78, 5) is 0. The van der Waals surface area contributed by atoms with Crippen LogP contribution in [0, 0.1) is 5.82 Å². The third-order valence-corrected chi connectivity index (χ3v) is 4.39. The molecule has 0 aliphatic carbocycles. The summed E-state index contributed by atoms with van der Waals surface area (Å²) in [5.74, 6) is 0.541. The van der Waals surface area contributed by atoms with E-state index in [0.717, 1.165) is 36.6 Å². The van der Waals surface area contributed by atoms with Gasteiger partial charge in [-0.25, -0.2) is 4.39 Å². The van der Waals surface area contributed by atoms with Gasteiger partial charge in [0, 0.05) is 18.5 Å². The van der Waals surface area contributed by atoms with Crippen LogP contribution in [0.2, 0.25) is 0 Å². The van der Waals surface area contributed by atoms with Gasteiger partial charge in [0.15, 0.2) is 0 Å². The molecule has 0 radical (unpaired) electrons. The lowest BCUT2D eigenvalue weighted by Crippen LogP contribution is -2.28. The molecule has 0 saturated heterocycles. The fraction of sp³-hybridized carbons (Fsp3) is 0.368. The van der Waals surface area contributed by atoms with Crippen LogP contribution < -0.4 is 10.6 Å². The molecule has 0 atom stereocenters. The van der Waals surface area contributed by atoms with Crippen LogP contribution in [0.1, 0.15) is 31.5 Å². The van der Waals surface area contributed by atoms with Crippen molar-refractivity contribution >= 4 is 11.4 Å². The first-order chi connectivity index (χ1) is 11.5. The minimum atomic E-state index is -0.212. The molecule has 1 aromatic carbocycles. The Hall–Kier alpha value is -2.27. The van der Waals surface area contributed by atoms with Gasteiger partial charge in [-0.3, -0.25) is 0 Å². The molecule has 0 amide bonds. The average molecular weight is 326 g/mol. The van der Waals surface area contributed by atoms with E-state index in [-0.39, 0.29) is 11.2 Å². The van der Waals surface area contributed by atoms with Crippen LogP contribution in [-0.4, -0.2) is 29.8 Å². The Balaban J connectivity index is 1.63. The van der Waals surface area contributed by atoms with E-state index >= 15 is 0 Å². The van der Waals surface area contributed by atoms with Crippen molar-refractivity contribution in [1.29, 1.82) is 0 Å². The molecule has 0 saturated carbocycles. The van der Waals surface area contributed by atoms with Gasteiger partial charge in [-0.15, -0.1) is 10.2 Å². The molecule has 1 aliphatic rings. The van der Waals surface area contributed by atoms with Crippen LogP contribution in [-0.2, 0) is 5.41 Å². The van der Waals surface area contributed by atoms with Crippen molar-refractivity contribution in [3.8, 4) is 0 Å². The third kappa shape index (κ3) is 3.97. The molecule has 1 aromatic heterocycles. The summed E-state index contributed by atoms with van der Waals surface area (Å²) in [6.07, 6.45) is 3.15. The van der Waals surface area contributed by atoms with Crippen molar-refractivity contribution in [3.05, 3.63) is 59.5 Å². The summed E-state index contributed by atoms with van der Waals surface area (Å²) < 4.78 is 13.1. The zero-order chi connectivity index (χ0) is 17.0. The highest BCUT2D eigenvalue weighted by Gasteiger charge is 2.20. The molecule has 0 spiro atoms. The fourth-order valence-electron chi connectivity index (χ4n) is 2.77. The maximum Gasteiger partial charge on any atom is 0.148 e. The SMILES string of the molecule is CC(C)(CNc1ccc(C2=CCNCC2)nn1)c1ccc(F)cc1. The van der Waals surface area contributed by atoms with Crippen molar-refractivity contribution in [2.45, 2.75) is 25.7 Å². The fourth-order valence-corrected chi connectivity index (χ4v) is 2.77. The van der Waals surface area contributed by atoms with Crippen LogP contribution in [0.5, 0.6) is 0 Å². The summed E-state index contributed by atoms with van der Waals surface area (Å²) in [5, 5.41) is 15.2. The molecular formula is C19H23FN4. The van der Waals surface area contributed by atoms with E-state index in [1.165, 1.54) is 17.7 Å². The second-order valence-corrected chi connectivity index (χ2v) is 6.73. The minimum Gasteiger partial charge on any atom is -0.368 e. The molecule has 2 heterocycles. The monoisotopic (exact) mass is 326 g/mol. The Morgan fingerprint density at radius 3 is 2.54 bits per heavy atom. The number of rotatable bonds is 5. The predicted octanol–water partition coefficient (Wildman–Crippen LogP) is 3.38. The van der Waals surface area contributed by atoms with Gasteiger partial charge in [-0.05, 0) is 48.4 Å². The van der Waals surface area contributed by atoms with Crippen molar-refractivity contribution in [3.63, 3.8) is 0 Å². The van der Waals surface area contributed by atoms with Gasteiger partial charge in [0.05, 0.1) is 5.69 Å². The second kappa shape index (κ2) is 7.09. The minimum absolute atomic E-state index is 0.133. The molecule has 0 unspecified atom stereocenters. The van der Waals surface area contributed by atoms with E-state index in [1.807, 2.05) is 24.3 Å². The number of halogens is 1. The maximum atomic E-state index is 13.1. The largest absolute Gasteiger partial charge is 0.368 e. The van der Waals surface area contributed by atoms with E-state index in [9.17, 15) is 4.39 Å². The van der Waals surface area contributed by atoms with Crippen molar-refractivity contribution in [1.82, 2.24) is 15.5 Å². The standard InChI is InChI=1S/C19H23FN4/c1-19(2,15-3-5-16(20)6-4-15)13-22-18-8-7-17(23-24-18)14-9-11-21-12-10-14/h3-9,21H,10-13H2,1-2H3,(H,22,24).